The van der Waals surface area contributed by atoms with Crippen molar-refractivity contribution in [3.63, 3.8) is 0 Å². The van der Waals surface area contributed by atoms with Crippen LogP contribution in [0.3, 0.4) is 0 Å². The third-order valence-corrected chi connectivity index (χ3v) is 5.30. The van der Waals surface area contributed by atoms with Crippen molar-refractivity contribution in [3.05, 3.63) is 34.7 Å². The largest absolute Gasteiger partial charge is 0.391 e. The molecule has 2 fully saturated rings. The molecule has 0 unspecified atom stereocenters. The van der Waals surface area contributed by atoms with E-state index in [9.17, 15) is 9.90 Å². The first kappa shape index (κ1) is 15.5. The summed E-state index contributed by atoms with van der Waals surface area (Å²) in [4.78, 5) is 26.8. The summed E-state index contributed by atoms with van der Waals surface area (Å²) in [6, 6.07) is 2.19. The van der Waals surface area contributed by atoms with Gasteiger partial charge in [0.15, 0.2) is 0 Å². The first-order chi connectivity index (χ1) is 11.7. The van der Waals surface area contributed by atoms with Gasteiger partial charge in [-0.2, -0.15) is 0 Å². The number of β-amino-alcohol motifs (C(OH)–C–C–N with tert-alkyl or cyclic N) is 1. The predicted molar refractivity (Wildman–Crippen MR) is 90.2 cm³/mol. The third kappa shape index (κ3) is 3.11. The molecule has 0 radical (unpaired) electrons. The van der Waals surface area contributed by atoms with Crippen LogP contribution in [-0.4, -0.2) is 51.2 Å². The fraction of sp³-hybridized carbons (Fsp3) is 0.500. The summed E-state index contributed by atoms with van der Waals surface area (Å²) in [5.74, 6) is 1.13. The zero-order chi connectivity index (χ0) is 16.5. The molecule has 126 valence electrons. The first-order valence-electron chi connectivity index (χ1n) is 8.13. The molecule has 2 N–H and O–H groups in total. The van der Waals surface area contributed by atoms with Gasteiger partial charge < -0.3 is 15.3 Å². The highest BCUT2D eigenvalue weighted by atomic mass is 32.1. The van der Waals surface area contributed by atoms with Crippen molar-refractivity contribution in [2.75, 3.05) is 18.0 Å². The van der Waals surface area contributed by atoms with E-state index in [0.29, 0.717) is 18.2 Å². The fourth-order valence-corrected chi connectivity index (χ4v) is 3.80. The lowest BCUT2D eigenvalue weighted by Crippen LogP contribution is -2.43. The van der Waals surface area contributed by atoms with Gasteiger partial charge in [-0.25, -0.2) is 15.0 Å². The van der Waals surface area contributed by atoms with Crippen LogP contribution in [0.15, 0.2) is 23.3 Å². The Labute approximate surface area is 143 Å². The Bertz CT molecular complexity index is 717. The highest BCUT2D eigenvalue weighted by Gasteiger charge is 2.33. The van der Waals surface area contributed by atoms with Crippen LogP contribution < -0.4 is 10.2 Å². The van der Waals surface area contributed by atoms with Crippen LogP contribution >= 0.6 is 11.3 Å². The average molecular weight is 345 g/mol. The van der Waals surface area contributed by atoms with Crippen LogP contribution in [0.1, 0.15) is 41.4 Å². The number of aromatic nitrogens is 3. The number of rotatable bonds is 4. The van der Waals surface area contributed by atoms with Gasteiger partial charge in [0.1, 0.15) is 17.8 Å². The molecule has 2 aromatic heterocycles. The molecule has 2 aromatic rings. The minimum atomic E-state index is -0.266. The molecule has 0 spiro atoms. The van der Waals surface area contributed by atoms with Gasteiger partial charge in [0.2, 0.25) is 0 Å². The summed E-state index contributed by atoms with van der Waals surface area (Å²) in [6.45, 7) is 1.46. The molecule has 24 heavy (non-hydrogen) atoms. The number of nitrogens with one attached hydrogen (secondary N) is 1. The number of nitrogens with zero attached hydrogens (tertiary/aromatic N) is 4. The highest BCUT2D eigenvalue weighted by Crippen LogP contribution is 2.37. The number of carbonyl (C=O) groups is 1. The van der Waals surface area contributed by atoms with Crippen LogP contribution in [0.5, 0.6) is 0 Å². The topological polar surface area (TPSA) is 91.2 Å². The van der Waals surface area contributed by atoms with Crippen molar-refractivity contribution in [1.82, 2.24) is 20.3 Å². The lowest BCUT2D eigenvalue weighted by Gasteiger charge is -2.35. The Morgan fingerprint density at radius 1 is 1.33 bits per heavy atom. The summed E-state index contributed by atoms with van der Waals surface area (Å²) in [7, 11) is 0. The highest BCUT2D eigenvalue weighted by molar-refractivity contribution is 7.07. The summed E-state index contributed by atoms with van der Waals surface area (Å²) in [5.41, 5.74) is 3.16. The summed E-state index contributed by atoms with van der Waals surface area (Å²) < 4.78 is 0. The molecular formula is C16H19N5O2S. The van der Waals surface area contributed by atoms with E-state index >= 15 is 0 Å². The van der Waals surface area contributed by atoms with Crippen molar-refractivity contribution in [2.45, 2.75) is 37.3 Å². The van der Waals surface area contributed by atoms with Crippen LogP contribution in [0.25, 0.3) is 0 Å². The van der Waals surface area contributed by atoms with Crippen molar-refractivity contribution in [1.29, 1.82) is 0 Å². The minimum Gasteiger partial charge on any atom is -0.391 e. The van der Waals surface area contributed by atoms with Crippen LogP contribution in [0.4, 0.5) is 5.82 Å². The molecule has 1 aliphatic heterocycles. The molecule has 4 rings (SSSR count). The Kier molecular flexibility index (Phi) is 4.15. The summed E-state index contributed by atoms with van der Waals surface area (Å²) >= 11 is 1.42. The van der Waals surface area contributed by atoms with Crippen LogP contribution in [0.2, 0.25) is 0 Å². The molecule has 0 bridgehead atoms. The van der Waals surface area contributed by atoms with E-state index < -0.39 is 0 Å². The van der Waals surface area contributed by atoms with Crippen molar-refractivity contribution < 1.29 is 9.90 Å². The van der Waals surface area contributed by atoms with Crippen molar-refractivity contribution >= 4 is 23.1 Å². The number of hydrogen-bond donors (Lipinski definition) is 2. The second-order valence-electron chi connectivity index (χ2n) is 6.40. The molecule has 1 amide bonds. The smallest absolute Gasteiger partial charge is 0.270 e. The van der Waals surface area contributed by atoms with E-state index in [4.69, 9.17) is 0 Å². The number of hydrogen-bond acceptors (Lipinski definition) is 7. The lowest BCUT2D eigenvalue weighted by atomic mass is 9.78. The minimum absolute atomic E-state index is 0.103. The number of thiazole rings is 1. The van der Waals surface area contributed by atoms with Gasteiger partial charge >= 0.3 is 0 Å². The number of anilines is 1. The van der Waals surface area contributed by atoms with E-state index in [1.54, 1.807) is 17.2 Å². The van der Waals surface area contributed by atoms with E-state index in [-0.39, 0.29) is 18.1 Å². The molecule has 1 atom stereocenters. The SMILES string of the molecule is O=C(NC1CC(c2cc(N3CC[C@H](O)C3)ncn2)C1)c1cscn1. The molecule has 7 nitrogen and oxygen atoms in total. The van der Waals surface area contributed by atoms with Gasteiger partial charge in [0.25, 0.3) is 5.91 Å². The maximum Gasteiger partial charge on any atom is 0.270 e. The fourth-order valence-electron chi connectivity index (χ4n) is 3.27. The van der Waals surface area contributed by atoms with Gasteiger partial charge in [-0.15, -0.1) is 11.3 Å². The lowest BCUT2D eigenvalue weighted by molar-refractivity contribution is 0.0904. The van der Waals surface area contributed by atoms with Gasteiger partial charge in [0.05, 0.1) is 11.6 Å². The number of carbonyl (C=O) groups excluding carboxylic acids is 1. The second kappa shape index (κ2) is 6.45. The quantitative estimate of drug-likeness (QED) is 0.865. The van der Waals surface area contributed by atoms with E-state index in [0.717, 1.165) is 37.3 Å². The van der Waals surface area contributed by atoms with Gasteiger partial charge in [-0.3, -0.25) is 4.79 Å². The molecule has 2 aliphatic rings. The Balaban J connectivity index is 1.34. The molecule has 0 aromatic carbocycles. The molecule has 8 heteroatoms. The Morgan fingerprint density at radius 2 is 2.21 bits per heavy atom. The molecular weight excluding hydrogens is 326 g/mol. The number of aliphatic hydroxyl groups excluding tert-OH is 1. The van der Waals surface area contributed by atoms with E-state index in [2.05, 4.69) is 25.2 Å². The standard InChI is InChI=1S/C16H19N5O2S/c22-12-1-2-21(6-12)15-5-13(17-8-18-15)10-3-11(4-10)20-16(23)14-7-24-9-19-14/h5,7-12,22H,1-4,6H2,(H,20,23)/t10?,11?,12-/m0/s1. The zero-order valence-corrected chi connectivity index (χ0v) is 13.9. The van der Waals surface area contributed by atoms with Crippen molar-refractivity contribution in [3.8, 4) is 0 Å². The normalized spacial score (nSPS) is 26.2. The Morgan fingerprint density at radius 3 is 2.92 bits per heavy atom. The zero-order valence-electron chi connectivity index (χ0n) is 13.1. The monoisotopic (exact) mass is 345 g/mol. The summed E-state index contributed by atoms with van der Waals surface area (Å²) in [5, 5.41) is 14.4. The first-order valence-corrected chi connectivity index (χ1v) is 9.07. The molecule has 1 saturated heterocycles. The maximum atomic E-state index is 12.0. The second-order valence-corrected chi connectivity index (χ2v) is 7.12. The molecule has 1 saturated carbocycles. The molecule has 3 heterocycles. The summed E-state index contributed by atoms with van der Waals surface area (Å²) in [6.07, 6.45) is 3.88. The van der Waals surface area contributed by atoms with Gasteiger partial charge in [-0.1, -0.05) is 0 Å². The van der Waals surface area contributed by atoms with Gasteiger partial charge in [0, 0.05) is 42.2 Å². The number of aliphatic hydroxyl groups is 1. The molecule has 1 aliphatic carbocycles. The third-order valence-electron chi connectivity index (χ3n) is 4.72. The Hall–Kier alpha value is -2.06. The average Bonchev–Trinajstić information content (AvgIpc) is 3.22. The van der Waals surface area contributed by atoms with Crippen LogP contribution in [-0.2, 0) is 0 Å². The van der Waals surface area contributed by atoms with E-state index in [1.165, 1.54) is 11.3 Å². The van der Waals surface area contributed by atoms with Gasteiger partial charge in [-0.05, 0) is 19.3 Å². The van der Waals surface area contributed by atoms with Crippen molar-refractivity contribution in [2.24, 2.45) is 0 Å². The van der Waals surface area contributed by atoms with E-state index in [1.807, 2.05) is 6.07 Å². The van der Waals surface area contributed by atoms with Crippen LogP contribution in [0, 0.1) is 0 Å². The number of amides is 1. The predicted octanol–water partition coefficient (Wildman–Crippen LogP) is 1.18. The maximum absolute atomic E-state index is 12.0.